The lowest BCUT2D eigenvalue weighted by Gasteiger charge is -2.08. The van der Waals surface area contributed by atoms with Gasteiger partial charge in [0.05, 0.1) is 11.9 Å². The average Bonchev–Trinajstić information content (AvgIpc) is 2.30. The van der Waals surface area contributed by atoms with E-state index in [-0.39, 0.29) is 11.3 Å². The van der Waals surface area contributed by atoms with E-state index in [1.165, 1.54) is 6.07 Å². The van der Waals surface area contributed by atoms with Crippen molar-refractivity contribution >= 4 is 21.6 Å². The number of benzene rings is 1. The van der Waals surface area contributed by atoms with Crippen LogP contribution in [0.3, 0.4) is 0 Å². The van der Waals surface area contributed by atoms with Crippen LogP contribution >= 0.6 is 0 Å². The summed E-state index contributed by atoms with van der Waals surface area (Å²) in [7, 11) is -1.85. The Hall–Kier alpha value is -1.67. The lowest BCUT2D eigenvalue weighted by atomic mass is 10.2. The first-order valence-corrected chi connectivity index (χ1v) is 7.43. The lowest BCUT2D eigenvalue weighted by molar-refractivity contribution is 0.0954. The van der Waals surface area contributed by atoms with Gasteiger partial charge in [0, 0.05) is 18.7 Å². The summed E-state index contributed by atoms with van der Waals surface area (Å²) in [6, 6.07) is 3.49. The summed E-state index contributed by atoms with van der Waals surface area (Å²) >= 11 is 0. The molecule has 0 aliphatic rings. The molecule has 0 unspecified atom stereocenters. The molecule has 0 aliphatic heterocycles. The Labute approximate surface area is 111 Å². The zero-order valence-electron chi connectivity index (χ0n) is 10.7. The van der Waals surface area contributed by atoms with Crippen LogP contribution in [-0.4, -0.2) is 40.7 Å². The van der Waals surface area contributed by atoms with E-state index in [1.54, 1.807) is 7.05 Å². The predicted octanol–water partition coefficient (Wildman–Crippen LogP) is 0.146. The molecule has 1 aromatic carbocycles. The molecule has 1 aromatic rings. The first kappa shape index (κ1) is 15.4. The Balaban J connectivity index is 2.86. The van der Waals surface area contributed by atoms with E-state index < -0.39 is 21.7 Å². The molecule has 8 heteroatoms. The van der Waals surface area contributed by atoms with E-state index in [2.05, 4.69) is 10.6 Å². The summed E-state index contributed by atoms with van der Waals surface area (Å²) in [5.74, 6) is -1.14. The molecule has 106 valence electrons. The monoisotopic (exact) mass is 289 g/mol. The lowest BCUT2D eigenvalue weighted by Crippen LogP contribution is -2.30. The minimum absolute atomic E-state index is 0.184. The normalized spacial score (nSPS) is 11.1. The SMILES string of the molecule is CNCCNC(=O)c1ccc(F)c(NS(C)(=O)=O)c1. The van der Waals surface area contributed by atoms with Gasteiger partial charge in [0.2, 0.25) is 10.0 Å². The molecule has 1 amide bonds. The summed E-state index contributed by atoms with van der Waals surface area (Å²) < 4.78 is 37.5. The summed E-state index contributed by atoms with van der Waals surface area (Å²) in [5, 5.41) is 5.47. The van der Waals surface area contributed by atoms with Crippen molar-refractivity contribution in [2.45, 2.75) is 0 Å². The van der Waals surface area contributed by atoms with E-state index in [0.717, 1.165) is 18.4 Å². The molecule has 6 nitrogen and oxygen atoms in total. The summed E-state index contributed by atoms with van der Waals surface area (Å²) in [6.07, 6.45) is 0.909. The highest BCUT2D eigenvalue weighted by atomic mass is 32.2. The predicted molar refractivity (Wildman–Crippen MR) is 71.1 cm³/mol. The second kappa shape index (κ2) is 6.48. The Morgan fingerprint density at radius 2 is 2.00 bits per heavy atom. The summed E-state index contributed by atoms with van der Waals surface area (Å²) in [5.41, 5.74) is -0.0626. The first-order chi connectivity index (χ1) is 8.83. The van der Waals surface area contributed by atoms with Crippen molar-refractivity contribution < 1.29 is 17.6 Å². The third kappa shape index (κ3) is 5.23. The summed E-state index contributed by atoms with van der Waals surface area (Å²) in [4.78, 5) is 11.7. The van der Waals surface area contributed by atoms with Gasteiger partial charge in [0.25, 0.3) is 5.91 Å². The quantitative estimate of drug-likeness (QED) is 0.650. The van der Waals surface area contributed by atoms with E-state index in [4.69, 9.17) is 0 Å². The number of rotatable bonds is 6. The van der Waals surface area contributed by atoms with Gasteiger partial charge >= 0.3 is 0 Å². The van der Waals surface area contributed by atoms with Crippen molar-refractivity contribution in [3.8, 4) is 0 Å². The number of hydrogen-bond donors (Lipinski definition) is 3. The maximum atomic E-state index is 13.4. The second-order valence-corrected chi connectivity index (χ2v) is 5.68. The van der Waals surface area contributed by atoms with Crippen LogP contribution in [0.4, 0.5) is 10.1 Å². The number of carbonyl (C=O) groups is 1. The maximum Gasteiger partial charge on any atom is 0.251 e. The largest absolute Gasteiger partial charge is 0.351 e. The van der Waals surface area contributed by atoms with E-state index in [0.29, 0.717) is 13.1 Å². The fraction of sp³-hybridized carbons (Fsp3) is 0.364. The van der Waals surface area contributed by atoms with Gasteiger partial charge in [-0.05, 0) is 25.2 Å². The van der Waals surface area contributed by atoms with Crippen LogP contribution in [0.1, 0.15) is 10.4 Å². The van der Waals surface area contributed by atoms with Gasteiger partial charge in [-0.15, -0.1) is 0 Å². The number of amides is 1. The van der Waals surface area contributed by atoms with Crippen molar-refractivity contribution in [3.05, 3.63) is 29.6 Å². The fourth-order valence-electron chi connectivity index (χ4n) is 1.35. The third-order valence-electron chi connectivity index (χ3n) is 2.18. The molecule has 19 heavy (non-hydrogen) atoms. The Bertz CT molecular complexity index is 560. The molecule has 0 bridgehead atoms. The van der Waals surface area contributed by atoms with Crippen LogP contribution in [0, 0.1) is 5.82 Å². The number of anilines is 1. The van der Waals surface area contributed by atoms with Gasteiger partial charge in [-0.3, -0.25) is 9.52 Å². The molecule has 0 fully saturated rings. The Morgan fingerprint density at radius 3 is 2.58 bits per heavy atom. The van der Waals surface area contributed by atoms with Gasteiger partial charge in [-0.1, -0.05) is 0 Å². The minimum Gasteiger partial charge on any atom is -0.351 e. The maximum absolute atomic E-state index is 13.4. The zero-order chi connectivity index (χ0) is 14.5. The highest BCUT2D eigenvalue weighted by molar-refractivity contribution is 7.92. The van der Waals surface area contributed by atoms with Crippen molar-refractivity contribution in [2.24, 2.45) is 0 Å². The van der Waals surface area contributed by atoms with Crippen LogP contribution < -0.4 is 15.4 Å². The number of halogens is 1. The molecule has 0 saturated heterocycles. The van der Waals surface area contributed by atoms with E-state index in [1.807, 2.05) is 4.72 Å². The van der Waals surface area contributed by atoms with Gasteiger partial charge < -0.3 is 10.6 Å². The van der Waals surface area contributed by atoms with Crippen LogP contribution in [0.2, 0.25) is 0 Å². The van der Waals surface area contributed by atoms with Crippen LogP contribution in [0.25, 0.3) is 0 Å². The molecular weight excluding hydrogens is 273 g/mol. The number of likely N-dealkylation sites (N-methyl/N-ethyl adjacent to an activating group) is 1. The van der Waals surface area contributed by atoms with Gasteiger partial charge in [0.15, 0.2) is 0 Å². The highest BCUT2D eigenvalue weighted by Crippen LogP contribution is 2.17. The average molecular weight is 289 g/mol. The first-order valence-electron chi connectivity index (χ1n) is 5.53. The molecular formula is C11H16FN3O3S. The summed E-state index contributed by atoms with van der Waals surface area (Å²) in [6.45, 7) is 1.02. The zero-order valence-corrected chi connectivity index (χ0v) is 11.5. The van der Waals surface area contributed by atoms with E-state index in [9.17, 15) is 17.6 Å². The Kier molecular flexibility index (Phi) is 5.25. The Morgan fingerprint density at radius 1 is 1.32 bits per heavy atom. The van der Waals surface area contributed by atoms with Crippen molar-refractivity contribution in [1.82, 2.24) is 10.6 Å². The van der Waals surface area contributed by atoms with E-state index >= 15 is 0 Å². The standard InChI is InChI=1S/C11H16FN3O3S/c1-13-5-6-14-11(16)8-3-4-9(12)10(7-8)15-19(2,17)18/h3-4,7,13,15H,5-6H2,1-2H3,(H,14,16). The van der Waals surface area contributed by atoms with Gasteiger partial charge in [0.1, 0.15) is 5.82 Å². The van der Waals surface area contributed by atoms with Gasteiger partial charge in [-0.2, -0.15) is 0 Å². The van der Waals surface area contributed by atoms with Crippen LogP contribution in [0.15, 0.2) is 18.2 Å². The molecule has 3 N–H and O–H groups in total. The highest BCUT2D eigenvalue weighted by Gasteiger charge is 2.12. The van der Waals surface area contributed by atoms with Crippen molar-refractivity contribution in [1.29, 1.82) is 0 Å². The number of nitrogens with one attached hydrogen (secondary N) is 3. The molecule has 0 heterocycles. The van der Waals surface area contributed by atoms with Crippen LogP contribution in [0.5, 0.6) is 0 Å². The smallest absolute Gasteiger partial charge is 0.251 e. The minimum atomic E-state index is -3.59. The molecule has 0 radical (unpaired) electrons. The van der Waals surface area contributed by atoms with Crippen molar-refractivity contribution in [2.75, 3.05) is 31.1 Å². The fourth-order valence-corrected chi connectivity index (χ4v) is 1.90. The molecule has 0 aromatic heterocycles. The number of hydrogen-bond acceptors (Lipinski definition) is 4. The molecule has 0 aliphatic carbocycles. The number of sulfonamides is 1. The molecule has 0 atom stereocenters. The van der Waals surface area contributed by atoms with Gasteiger partial charge in [-0.25, -0.2) is 12.8 Å². The molecule has 1 rings (SSSR count). The molecule has 0 spiro atoms. The topological polar surface area (TPSA) is 87.3 Å². The second-order valence-electron chi connectivity index (χ2n) is 3.93. The van der Waals surface area contributed by atoms with Crippen molar-refractivity contribution in [3.63, 3.8) is 0 Å². The number of carbonyl (C=O) groups excluding carboxylic acids is 1. The van der Waals surface area contributed by atoms with Crippen LogP contribution in [-0.2, 0) is 10.0 Å². The molecule has 0 saturated carbocycles. The third-order valence-corrected chi connectivity index (χ3v) is 2.78.